The second-order valence-corrected chi connectivity index (χ2v) is 9.40. The Morgan fingerprint density at radius 1 is 0.842 bits per heavy atom. The zero-order valence-electron chi connectivity index (χ0n) is 13.7. The van der Waals surface area contributed by atoms with Crippen LogP contribution in [0.25, 0.3) is 0 Å². The van der Waals surface area contributed by atoms with Gasteiger partial charge in [0.25, 0.3) is 0 Å². The van der Waals surface area contributed by atoms with E-state index >= 15 is 0 Å². The Balaban J connectivity index is 1.98. The highest BCUT2D eigenvalue weighted by atomic mass is 15.4. The fourth-order valence-electron chi connectivity index (χ4n) is 6.09. The Kier molecular flexibility index (Phi) is 2.91. The van der Waals surface area contributed by atoms with Crippen molar-refractivity contribution < 1.29 is 0 Å². The third-order valence-corrected chi connectivity index (χ3v) is 5.40. The minimum absolute atomic E-state index is 0.219. The van der Waals surface area contributed by atoms with Gasteiger partial charge in [0.05, 0.1) is 5.66 Å². The van der Waals surface area contributed by atoms with E-state index in [2.05, 4.69) is 51.8 Å². The Hall–Kier alpha value is -0.0800. The second kappa shape index (κ2) is 3.98. The first-order valence-corrected chi connectivity index (χ1v) is 8.18. The highest BCUT2D eigenvalue weighted by Crippen LogP contribution is 2.53. The molecule has 0 aromatic heterocycles. The Morgan fingerprint density at radius 3 is 1.68 bits per heavy atom. The van der Waals surface area contributed by atoms with Gasteiger partial charge in [0.15, 0.2) is 0 Å². The van der Waals surface area contributed by atoms with Gasteiger partial charge in [0, 0.05) is 17.1 Å². The molecule has 2 atom stereocenters. The van der Waals surface area contributed by atoms with Gasteiger partial charge in [-0.25, -0.2) is 0 Å². The lowest BCUT2D eigenvalue weighted by atomic mass is 9.60. The summed E-state index contributed by atoms with van der Waals surface area (Å²) < 4.78 is 0. The quantitative estimate of drug-likeness (QED) is 0.775. The number of hydrogen-bond acceptors (Lipinski definition) is 2. The van der Waals surface area contributed by atoms with E-state index in [1.165, 1.54) is 32.1 Å². The molecule has 4 rings (SSSR count). The maximum absolute atomic E-state index is 4.07. The van der Waals surface area contributed by atoms with Crippen LogP contribution in [0.5, 0.6) is 0 Å². The predicted molar refractivity (Wildman–Crippen MR) is 81.1 cm³/mol. The van der Waals surface area contributed by atoms with Gasteiger partial charge in [0.2, 0.25) is 0 Å². The van der Waals surface area contributed by atoms with Gasteiger partial charge in [0.1, 0.15) is 0 Å². The van der Waals surface area contributed by atoms with E-state index in [0.717, 1.165) is 17.9 Å². The molecule has 0 aromatic carbocycles. The van der Waals surface area contributed by atoms with E-state index < -0.39 is 0 Å². The van der Waals surface area contributed by atoms with Crippen molar-refractivity contribution in [2.24, 2.45) is 11.8 Å². The molecular weight excluding hydrogens is 232 g/mol. The van der Waals surface area contributed by atoms with Gasteiger partial charge >= 0.3 is 0 Å². The second-order valence-electron chi connectivity index (χ2n) is 9.40. The van der Waals surface area contributed by atoms with Crippen molar-refractivity contribution in [2.75, 3.05) is 0 Å². The standard InChI is InChI=1S/C17H32N2/c1-15(2,3)19(16(4,5)6)17-10-12-7-13(11-17)9-14(8-12)18-17/h12-14,18H,7-11H2,1-6H3. The van der Waals surface area contributed by atoms with Crippen LogP contribution in [0, 0.1) is 11.8 Å². The average Bonchev–Trinajstić information content (AvgIpc) is 2.07. The van der Waals surface area contributed by atoms with Crippen LogP contribution in [-0.2, 0) is 0 Å². The molecule has 4 aliphatic rings. The molecule has 2 heterocycles. The van der Waals surface area contributed by atoms with Crippen LogP contribution in [0.3, 0.4) is 0 Å². The summed E-state index contributed by atoms with van der Waals surface area (Å²) in [6.07, 6.45) is 7.10. The van der Waals surface area contributed by atoms with Crippen molar-refractivity contribution in [1.82, 2.24) is 10.2 Å². The minimum atomic E-state index is 0.219. The maximum atomic E-state index is 4.07. The van der Waals surface area contributed by atoms with Crippen molar-refractivity contribution in [3.8, 4) is 0 Å². The molecule has 4 bridgehead atoms. The zero-order chi connectivity index (χ0) is 14.1. The first kappa shape index (κ1) is 13.9. The van der Waals surface area contributed by atoms with E-state index in [4.69, 9.17) is 0 Å². The molecule has 2 nitrogen and oxygen atoms in total. The molecule has 2 heteroatoms. The molecule has 2 aliphatic heterocycles. The van der Waals surface area contributed by atoms with Crippen molar-refractivity contribution in [3.63, 3.8) is 0 Å². The summed E-state index contributed by atoms with van der Waals surface area (Å²) in [6, 6.07) is 0.790. The zero-order valence-corrected chi connectivity index (χ0v) is 13.7. The summed E-state index contributed by atoms with van der Waals surface area (Å²) in [7, 11) is 0. The van der Waals surface area contributed by atoms with Crippen LogP contribution in [0.2, 0.25) is 0 Å². The Morgan fingerprint density at radius 2 is 1.32 bits per heavy atom. The number of hydrogen-bond donors (Lipinski definition) is 1. The largest absolute Gasteiger partial charge is 0.296 e. The van der Waals surface area contributed by atoms with Crippen LogP contribution in [0.15, 0.2) is 0 Å². The molecule has 1 N–H and O–H groups in total. The smallest absolute Gasteiger partial charge is 0.0728 e. The Bertz CT molecular complexity index is 309. The molecule has 110 valence electrons. The van der Waals surface area contributed by atoms with E-state index in [-0.39, 0.29) is 16.7 Å². The van der Waals surface area contributed by atoms with E-state index in [0.29, 0.717) is 0 Å². The molecule has 4 fully saturated rings. The van der Waals surface area contributed by atoms with Gasteiger partial charge in [-0.2, -0.15) is 0 Å². The molecule has 0 aromatic rings. The molecule has 19 heavy (non-hydrogen) atoms. The van der Waals surface area contributed by atoms with E-state index in [1.807, 2.05) is 0 Å². The van der Waals surface area contributed by atoms with E-state index in [9.17, 15) is 0 Å². The monoisotopic (exact) mass is 264 g/mol. The molecule has 2 saturated carbocycles. The summed E-state index contributed by atoms with van der Waals surface area (Å²) >= 11 is 0. The Labute approximate surface area is 119 Å². The van der Waals surface area contributed by atoms with Crippen LogP contribution >= 0.6 is 0 Å². The highest BCUT2D eigenvalue weighted by molar-refractivity contribution is 5.11. The summed E-state index contributed by atoms with van der Waals surface area (Å²) in [5, 5.41) is 4.07. The van der Waals surface area contributed by atoms with Gasteiger partial charge in [-0.1, -0.05) is 0 Å². The van der Waals surface area contributed by atoms with Gasteiger partial charge in [-0.15, -0.1) is 0 Å². The third-order valence-electron chi connectivity index (χ3n) is 5.40. The first-order chi connectivity index (χ1) is 8.60. The SMILES string of the molecule is CC(C)(C)N(C(C)(C)C)C12CC3CC(CC(C3)N1)C2. The summed E-state index contributed by atoms with van der Waals surface area (Å²) in [4.78, 5) is 2.80. The van der Waals surface area contributed by atoms with Crippen LogP contribution < -0.4 is 5.32 Å². The molecule has 0 radical (unpaired) electrons. The van der Waals surface area contributed by atoms with Gasteiger partial charge in [-0.05, 0) is 85.5 Å². The normalized spacial score (nSPS) is 42.2. The van der Waals surface area contributed by atoms with Crippen LogP contribution in [0.1, 0.15) is 73.6 Å². The van der Waals surface area contributed by atoms with Crippen molar-refractivity contribution in [2.45, 2.75) is 96.4 Å². The van der Waals surface area contributed by atoms with Crippen LogP contribution in [-0.4, -0.2) is 27.7 Å². The fourth-order valence-corrected chi connectivity index (χ4v) is 6.09. The minimum Gasteiger partial charge on any atom is -0.296 e. The topological polar surface area (TPSA) is 15.3 Å². The number of rotatable bonds is 1. The lowest BCUT2D eigenvalue weighted by Gasteiger charge is -2.66. The van der Waals surface area contributed by atoms with Gasteiger partial charge in [-0.3, -0.25) is 10.2 Å². The summed E-state index contributed by atoms with van der Waals surface area (Å²) in [5.74, 6) is 1.96. The van der Waals surface area contributed by atoms with Crippen molar-refractivity contribution in [1.29, 1.82) is 0 Å². The molecule has 0 spiro atoms. The third kappa shape index (κ3) is 2.25. The number of nitrogens with one attached hydrogen (secondary N) is 1. The lowest BCUT2D eigenvalue weighted by molar-refractivity contribution is -0.163. The van der Waals surface area contributed by atoms with Gasteiger partial charge < -0.3 is 0 Å². The maximum Gasteiger partial charge on any atom is 0.0728 e. The van der Waals surface area contributed by atoms with E-state index in [1.54, 1.807) is 0 Å². The fraction of sp³-hybridized carbons (Fsp3) is 1.00. The van der Waals surface area contributed by atoms with Crippen molar-refractivity contribution in [3.05, 3.63) is 0 Å². The summed E-state index contributed by atoms with van der Waals surface area (Å²) in [6.45, 7) is 14.3. The molecular formula is C17H32N2. The lowest BCUT2D eigenvalue weighted by Crippen LogP contribution is -2.77. The van der Waals surface area contributed by atoms with Crippen molar-refractivity contribution >= 4 is 0 Å². The predicted octanol–water partition coefficient (Wildman–Crippen LogP) is 3.76. The number of piperidine rings is 2. The molecule has 2 unspecified atom stereocenters. The molecule has 2 aliphatic carbocycles. The highest BCUT2D eigenvalue weighted by Gasteiger charge is 2.57. The summed E-state index contributed by atoms with van der Waals surface area (Å²) in [5.41, 5.74) is 0.707. The first-order valence-electron chi connectivity index (χ1n) is 8.18. The average molecular weight is 264 g/mol. The van der Waals surface area contributed by atoms with Crippen LogP contribution in [0.4, 0.5) is 0 Å². The number of nitrogens with zero attached hydrogens (tertiary/aromatic N) is 1. The molecule has 2 saturated heterocycles. The molecule has 0 amide bonds.